The van der Waals surface area contributed by atoms with E-state index in [1.54, 1.807) is 10.9 Å². The van der Waals surface area contributed by atoms with Crippen molar-refractivity contribution in [3.8, 4) is 22.5 Å². The van der Waals surface area contributed by atoms with Gasteiger partial charge in [-0.15, -0.1) is 0 Å². The van der Waals surface area contributed by atoms with Gasteiger partial charge < -0.3 is 4.98 Å². The number of hydrogen-bond donors (Lipinski definition) is 1. The van der Waals surface area contributed by atoms with Gasteiger partial charge in [-0.2, -0.15) is 0 Å². The fourth-order valence-electron chi connectivity index (χ4n) is 3.73. The normalized spacial score (nSPS) is 14.2. The number of aromatic amines is 1. The summed E-state index contributed by atoms with van der Waals surface area (Å²) in [7, 11) is 1.85. The molecule has 5 nitrogen and oxygen atoms in total. The van der Waals surface area contributed by atoms with Crippen molar-refractivity contribution in [1.29, 1.82) is 0 Å². The Morgan fingerprint density at radius 2 is 1.92 bits per heavy atom. The summed E-state index contributed by atoms with van der Waals surface area (Å²) < 4.78 is 3.69. The fourth-order valence-corrected chi connectivity index (χ4v) is 3.73. The lowest BCUT2D eigenvalue weighted by atomic mass is 10.0. The SMILES string of the molecule is Cc1cccc(-c2nc[nH]c2-c2ccc3c(c2)n(C)c(=O)n3C2CC2)c1. The van der Waals surface area contributed by atoms with Crippen molar-refractivity contribution in [2.45, 2.75) is 25.8 Å². The molecule has 2 aromatic heterocycles. The molecule has 0 radical (unpaired) electrons. The van der Waals surface area contributed by atoms with Gasteiger partial charge in [-0.3, -0.25) is 9.13 Å². The first-order valence-electron chi connectivity index (χ1n) is 8.95. The standard InChI is InChI=1S/C21H20N4O/c1-13-4-3-5-14(10-13)19-20(23-12-22-19)15-6-9-17-18(11-15)24(2)21(26)25(17)16-7-8-16/h3-6,9-12,16H,7-8H2,1-2H3,(H,22,23). The van der Waals surface area contributed by atoms with Crippen LogP contribution in [0.5, 0.6) is 0 Å². The van der Waals surface area contributed by atoms with Crippen LogP contribution >= 0.6 is 0 Å². The maximum atomic E-state index is 12.6. The second kappa shape index (κ2) is 5.46. The molecule has 1 N–H and O–H groups in total. The molecular weight excluding hydrogens is 324 g/mol. The number of hydrogen-bond acceptors (Lipinski definition) is 2. The zero-order chi connectivity index (χ0) is 17.8. The van der Waals surface area contributed by atoms with E-state index in [0.29, 0.717) is 6.04 Å². The molecule has 1 fully saturated rings. The molecule has 2 heterocycles. The molecule has 0 amide bonds. The van der Waals surface area contributed by atoms with Crippen LogP contribution in [0.15, 0.2) is 53.6 Å². The van der Waals surface area contributed by atoms with Gasteiger partial charge >= 0.3 is 5.69 Å². The maximum absolute atomic E-state index is 12.6. The monoisotopic (exact) mass is 344 g/mol. The van der Waals surface area contributed by atoms with E-state index < -0.39 is 0 Å². The zero-order valence-electron chi connectivity index (χ0n) is 14.9. The van der Waals surface area contributed by atoms with E-state index in [1.165, 1.54) is 5.56 Å². The quantitative estimate of drug-likeness (QED) is 0.610. The maximum Gasteiger partial charge on any atom is 0.329 e. The van der Waals surface area contributed by atoms with Gasteiger partial charge in [-0.25, -0.2) is 9.78 Å². The number of imidazole rings is 2. The van der Waals surface area contributed by atoms with E-state index in [9.17, 15) is 4.79 Å². The highest BCUT2D eigenvalue weighted by Crippen LogP contribution is 2.37. The first kappa shape index (κ1) is 15.2. The summed E-state index contributed by atoms with van der Waals surface area (Å²) in [5.41, 5.74) is 7.29. The summed E-state index contributed by atoms with van der Waals surface area (Å²) in [6.45, 7) is 2.08. The predicted molar refractivity (Wildman–Crippen MR) is 103 cm³/mol. The molecule has 5 rings (SSSR count). The number of nitrogens with one attached hydrogen (secondary N) is 1. The highest BCUT2D eigenvalue weighted by atomic mass is 16.1. The number of aryl methyl sites for hydroxylation is 2. The van der Waals surface area contributed by atoms with Crippen molar-refractivity contribution in [1.82, 2.24) is 19.1 Å². The van der Waals surface area contributed by atoms with E-state index in [1.807, 2.05) is 17.7 Å². The lowest BCUT2D eigenvalue weighted by molar-refractivity contribution is 0.696. The zero-order valence-corrected chi connectivity index (χ0v) is 14.9. The van der Waals surface area contributed by atoms with Crippen molar-refractivity contribution in [3.63, 3.8) is 0 Å². The molecule has 0 unspecified atom stereocenters. The molecule has 1 saturated carbocycles. The van der Waals surface area contributed by atoms with Crippen LogP contribution in [0.2, 0.25) is 0 Å². The Morgan fingerprint density at radius 3 is 2.69 bits per heavy atom. The number of rotatable bonds is 3. The van der Waals surface area contributed by atoms with Crippen LogP contribution in [0.4, 0.5) is 0 Å². The van der Waals surface area contributed by atoms with Gasteiger partial charge in [0.05, 0.1) is 28.7 Å². The molecule has 26 heavy (non-hydrogen) atoms. The fraction of sp³-hybridized carbons (Fsp3) is 0.238. The molecule has 130 valence electrons. The molecular formula is C21H20N4O. The van der Waals surface area contributed by atoms with E-state index in [2.05, 4.69) is 53.3 Å². The Morgan fingerprint density at radius 1 is 1.08 bits per heavy atom. The molecule has 5 heteroatoms. The molecule has 2 aromatic carbocycles. The Balaban J connectivity index is 1.68. The van der Waals surface area contributed by atoms with Gasteiger partial charge in [0.25, 0.3) is 0 Å². The van der Waals surface area contributed by atoms with Crippen LogP contribution in [-0.2, 0) is 7.05 Å². The Kier molecular flexibility index (Phi) is 3.19. The van der Waals surface area contributed by atoms with E-state index in [4.69, 9.17) is 0 Å². The lowest BCUT2D eigenvalue weighted by Gasteiger charge is -2.06. The van der Waals surface area contributed by atoms with Crippen molar-refractivity contribution in [2.24, 2.45) is 7.05 Å². The third-order valence-electron chi connectivity index (χ3n) is 5.22. The van der Waals surface area contributed by atoms with E-state index in [0.717, 1.165) is 46.4 Å². The smallest absolute Gasteiger partial charge is 0.329 e. The second-order valence-electron chi connectivity index (χ2n) is 7.14. The lowest BCUT2D eigenvalue weighted by Crippen LogP contribution is -2.21. The van der Waals surface area contributed by atoms with Crippen molar-refractivity contribution < 1.29 is 0 Å². The Hall–Kier alpha value is -3.08. The minimum atomic E-state index is 0.0724. The molecule has 1 aliphatic rings. The summed E-state index contributed by atoms with van der Waals surface area (Å²) in [4.78, 5) is 20.4. The minimum Gasteiger partial charge on any atom is -0.344 e. The van der Waals surface area contributed by atoms with Gasteiger partial charge in [0.15, 0.2) is 0 Å². The van der Waals surface area contributed by atoms with Gasteiger partial charge in [-0.1, -0.05) is 29.8 Å². The van der Waals surface area contributed by atoms with E-state index in [-0.39, 0.29) is 5.69 Å². The summed E-state index contributed by atoms with van der Waals surface area (Å²) in [5.74, 6) is 0. The number of aromatic nitrogens is 4. The van der Waals surface area contributed by atoms with E-state index >= 15 is 0 Å². The Bertz CT molecular complexity index is 1190. The molecule has 0 atom stereocenters. The average molecular weight is 344 g/mol. The summed E-state index contributed by atoms with van der Waals surface area (Å²) in [5, 5.41) is 0. The van der Waals surface area contributed by atoms with Crippen LogP contribution in [0, 0.1) is 6.92 Å². The van der Waals surface area contributed by atoms with Crippen LogP contribution in [-0.4, -0.2) is 19.1 Å². The number of H-pyrrole nitrogens is 1. The highest BCUT2D eigenvalue weighted by molar-refractivity contribution is 5.86. The third-order valence-corrected chi connectivity index (χ3v) is 5.22. The van der Waals surface area contributed by atoms with Crippen molar-refractivity contribution in [2.75, 3.05) is 0 Å². The summed E-state index contributed by atoms with van der Waals surface area (Å²) in [6.07, 6.45) is 3.92. The van der Waals surface area contributed by atoms with Crippen LogP contribution in [0.1, 0.15) is 24.4 Å². The molecule has 0 aliphatic heterocycles. The molecule has 1 aliphatic carbocycles. The summed E-state index contributed by atoms with van der Waals surface area (Å²) in [6, 6.07) is 14.9. The van der Waals surface area contributed by atoms with Gasteiger partial charge in [0.1, 0.15) is 0 Å². The van der Waals surface area contributed by atoms with Crippen LogP contribution < -0.4 is 5.69 Å². The number of fused-ring (bicyclic) bond motifs is 1. The molecule has 0 bridgehead atoms. The van der Waals surface area contributed by atoms with Gasteiger partial charge in [0, 0.05) is 24.2 Å². The topological polar surface area (TPSA) is 55.6 Å². The van der Waals surface area contributed by atoms with Crippen molar-refractivity contribution >= 4 is 11.0 Å². The second-order valence-corrected chi connectivity index (χ2v) is 7.14. The van der Waals surface area contributed by atoms with Crippen molar-refractivity contribution in [3.05, 3.63) is 64.8 Å². The Labute approximate surface area is 150 Å². The first-order valence-corrected chi connectivity index (χ1v) is 8.95. The van der Waals surface area contributed by atoms with Gasteiger partial charge in [0.2, 0.25) is 0 Å². The molecule has 0 saturated heterocycles. The molecule has 4 aromatic rings. The van der Waals surface area contributed by atoms with Crippen LogP contribution in [0.3, 0.4) is 0 Å². The average Bonchev–Trinajstić information content (AvgIpc) is 3.29. The highest BCUT2D eigenvalue weighted by Gasteiger charge is 2.28. The minimum absolute atomic E-state index is 0.0724. The third kappa shape index (κ3) is 2.24. The summed E-state index contributed by atoms with van der Waals surface area (Å²) >= 11 is 0. The molecule has 0 spiro atoms. The first-order chi connectivity index (χ1) is 12.6. The number of benzene rings is 2. The van der Waals surface area contributed by atoms with Crippen LogP contribution in [0.25, 0.3) is 33.5 Å². The largest absolute Gasteiger partial charge is 0.344 e. The number of nitrogens with zero attached hydrogens (tertiary/aromatic N) is 3. The van der Waals surface area contributed by atoms with Gasteiger partial charge in [-0.05, 0) is 38.0 Å². The predicted octanol–water partition coefficient (Wildman–Crippen LogP) is 4.04.